The Kier molecular flexibility index (Phi) is 7.22. The van der Waals surface area contributed by atoms with Crippen molar-refractivity contribution in [1.82, 2.24) is 0 Å². The van der Waals surface area contributed by atoms with Gasteiger partial charge in [-0.3, -0.25) is 0 Å². The first-order valence-electron chi connectivity index (χ1n) is 9.30. The van der Waals surface area contributed by atoms with Crippen LogP contribution in [0.1, 0.15) is 58.4 Å². The SMILES string of the molecule is CC[Si](CC)(CC)OC(OCc1ccccc1)=C1CCCCC1. The van der Waals surface area contributed by atoms with Crippen LogP contribution in [0.2, 0.25) is 18.1 Å². The molecule has 3 heteroatoms. The van der Waals surface area contributed by atoms with E-state index in [4.69, 9.17) is 9.16 Å². The Balaban J connectivity index is 2.14. The lowest BCUT2D eigenvalue weighted by molar-refractivity contribution is 0.0824. The zero-order chi connectivity index (χ0) is 16.5. The van der Waals surface area contributed by atoms with Gasteiger partial charge in [0.15, 0.2) is 0 Å². The molecule has 128 valence electrons. The number of ether oxygens (including phenoxy) is 1. The summed E-state index contributed by atoms with van der Waals surface area (Å²) in [6.45, 7) is 7.44. The van der Waals surface area contributed by atoms with E-state index in [1.165, 1.54) is 30.4 Å². The Morgan fingerprint density at radius 1 is 0.913 bits per heavy atom. The monoisotopic (exact) mass is 332 g/mol. The molecule has 1 aliphatic carbocycles. The van der Waals surface area contributed by atoms with Crippen molar-refractivity contribution >= 4 is 8.32 Å². The van der Waals surface area contributed by atoms with Crippen LogP contribution in [0.5, 0.6) is 0 Å². The average Bonchev–Trinajstić information content (AvgIpc) is 2.64. The molecule has 1 aliphatic rings. The van der Waals surface area contributed by atoms with Gasteiger partial charge in [0, 0.05) is 5.57 Å². The maximum atomic E-state index is 6.64. The Labute approximate surface area is 143 Å². The minimum absolute atomic E-state index is 0.612. The predicted molar refractivity (Wildman–Crippen MR) is 99.6 cm³/mol. The number of rotatable bonds is 8. The van der Waals surface area contributed by atoms with Crippen LogP contribution in [0.25, 0.3) is 0 Å². The lowest BCUT2D eigenvalue weighted by Gasteiger charge is -2.32. The van der Waals surface area contributed by atoms with Crippen LogP contribution in [0.4, 0.5) is 0 Å². The number of hydrogen-bond donors (Lipinski definition) is 0. The molecule has 0 aromatic heterocycles. The molecule has 1 aromatic rings. The molecular formula is C20H32O2Si. The van der Waals surface area contributed by atoms with Gasteiger partial charge in [-0.05, 0) is 49.4 Å². The summed E-state index contributed by atoms with van der Waals surface area (Å²) in [4.78, 5) is 0. The molecule has 1 fully saturated rings. The van der Waals surface area contributed by atoms with Crippen LogP contribution in [0.3, 0.4) is 0 Å². The van der Waals surface area contributed by atoms with Gasteiger partial charge in [-0.25, -0.2) is 0 Å². The van der Waals surface area contributed by atoms with Crippen molar-refractivity contribution in [2.45, 2.75) is 77.6 Å². The second kappa shape index (κ2) is 9.17. The molecule has 2 rings (SSSR count). The van der Waals surface area contributed by atoms with E-state index in [1.54, 1.807) is 0 Å². The highest BCUT2D eigenvalue weighted by molar-refractivity contribution is 6.73. The number of allylic oxidation sites excluding steroid dienone is 1. The Morgan fingerprint density at radius 2 is 1.52 bits per heavy atom. The van der Waals surface area contributed by atoms with Gasteiger partial charge >= 0.3 is 0 Å². The molecule has 23 heavy (non-hydrogen) atoms. The predicted octanol–water partition coefficient (Wildman–Crippen LogP) is 6.40. The van der Waals surface area contributed by atoms with E-state index >= 15 is 0 Å². The van der Waals surface area contributed by atoms with Crippen LogP contribution in [0, 0.1) is 0 Å². The Bertz CT molecular complexity index is 475. The third kappa shape index (κ3) is 5.13. The van der Waals surface area contributed by atoms with Crippen LogP contribution < -0.4 is 0 Å². The summed E-state index contributed by atoms with van der Waals surface area (Å²) in [5, 5.41) is 0. The summed E-state index contributed by atoms with van der Waals surface area (Å²) in [7, 11) is -1.69. The first kappa shape index (κ1) is 18.1. The summed E-state index contributed by atoms with van der Waals surface area (Å²) < 4.78 is 12.9. The minimum atomic E-state index is -1.69. The largest absolute Gasteiger partial charge is 0.519 e. The van der Waals surface area contributed by atoms with Crippen molar-refractivity contribution in [3.63, 3.8) is 0 Å². The second-order valence-corrected chi connectivity index (χ2v) is 11.3. The van der Waals surface area contributed by atoms with Crippen molar-refractivity contribution in [3.05, 3.63) is 47.4 Å². The zero-order valence-corrected chi connectivity index (χ0v) is 16.1. The molecule has 0 N–H and O–H groups in total. The molecule has 0 saturated heterocycles. The summed E-state index contributed by atoms with van der Waals surface area (Å²) in [5.41, 5.74) is 2.63. The summed E-state index contributed by atoms with van der Waals surface area (Å²) in [6.07, 6.45) is 6.18. The van der Waals surface area contributed by atoms with Crippen LogP contribution in [-0.2, 0) is 15.8 Å². The van der Waals surface area contributed by atoms with Gasteiger partial charge in [0.05, 0.1) is 0 Å². The maximum Gasteiger partial charge on any atom is 0.264 e. The quantitative estimate of drug-likeness (QED) is 0.405. The van der Waals surface area contributed by atoms with E-state index in [1.807, 2.05) is 6.07 Å². The van der Waals surface area contributed by atoms with Crippen molar-refractivity contribution in [1.29, 1.82) is 0 Å². The summed E-state index contributed by atoms with van der Waals surface area (Å²) in [6, 6.07) is 13.9. The fourth-order valence-corrected chi connectivity index (χ4v) is 5.80. The van der Waals surface area contributed by atoms with Crippen LogP contribution in [0.15, 0.2) is 41.9 Å². The third-order valence-electron chi connectivity index (χ3n) is 5.20. The molecule has 0 heterocycles. The molecule has 0 spiro atoms. The van der Waals surface area contributed by atoms with E-state index in [0.717, 1.165) is 36.9 Å². The van der Waals surface area contributed by atoms with E-state index in [0.29, 0.717) is 6.61 Å². The lowest BCUT2D eigenvalue weighted by atomic mass is 9.96. The van der Waals surface area contributed by atoms with Gasteiger partial charge in [0.2, 0.25) is 0 Å². The molecule has 0 amide bonds. The summed E-state index contributed by atoms with van der Waals surface area (Å²) >= 11 is 0. The Hall–Kier alpha value is -1.22. The average molecular weight is 333 g/mol. The van der Waals surface area contributed by atoms with E-state index < -0.39 is 8.32 Å². The highest BCUT2D eigenvalue weighted by atomic mass is 28.4. The lowest BCUT2D eigenvalue weighted by Crippen LogP contribution is -2.36. The van der Waals surface area contributed by atoms with Gasteiger partial charge < -0.3 is 9.16 Å². The van der Waals surface area contributed by atoms with Gasteiger partial charge in [-0.2, -0.15) is 0 Å². The second-order valence-electron chi connectivity index (χ2n) is 6.57. The maximum absolute atomic E-state index is 6.64. The molecule has 0 radical (unpaired) electrons. The van der Waals surface area contributed by atoms with Crippen LogP contribution in [-0.4, -0.2) is 8.32 Å². The van der Waals surface area contributed by atoms with Crippen molar-refractivity contribution in [2.24, 2.45) is 0 Å². The fourth-order valence-electron chi connectivity index (χ4n) is 3.27. The van der Waals surface area contributed by atoms with Gasteiger partial charge in [0.1, 0.15) is 6.61 Å². The van der Waals surface area contributed by atoms with Crippen molar-refractivity contribution in [3.8, 4) is 0 Å². The van der Waals surface area contributed by atoms with Gasteiger partial charge in [-0.15, -0.1) is 0 Å². The highest BCUT2D eigenvalue weighted by Gasteiger charge is 2.33. The smallest absolute Gasteiger partial charge is 0.264 e. The molecule has 2 nitrogen and oxygen atoms in total. The number of hydrogen-bond acceptors (Lipinski definition) is 2. The molecular weight excluding hydrogens is 300 g/mol. The van der Waals surface area contributed by atoms with Crippen molar-refractivity contribution in [2.75, 3.05) is 0 Å². The standard InChI is InChI=1S/C20H32O2Si/c1-4-23(5-2,6-3)22-20(19-15-11-8-12-16-19)21-17-18-13-9-7-10-14-18/h7,9-10,13-14H,4-6,8,11-12,15-17H2,1-3H3. The molecule has 1 saturated carbocycles. The van der Waals surface area contributed by atoms with E-state index in [-0.39, 0.29) is 0 Å². The normalized spacial score (nSPS) is 15.3. The van der Waals surface area contributed by atoms with E-state index in [9.17, 15) is 0 Å². The summed E-state index contributed by atoms with van der Waals surface area (Å²) in [5.74, 6) is 0.880. The van der Waals surface area contributed by atoms with Crippen molar-refractivity contribution < 1.29 is 9.16 Å². The molecule has 0 unspecified atom stereocenters. The minimum Gasteiger partial charge on any atom is -0.519 e. The Morgan fingerprint density at radius 3 is 2.09 bits per heavy atom. The topological polar surface area (TPSA) is 18.5 Å². The zero-order valence-electron chi connectivity index (χ0n) is 15.1. The fraction of sp³-hybridized carbons (Fsp3) is 0.600. The van der Waals surface area contributed by atoms with Gasteiger partial charge in [-0.1, -0.05) is 57.5 Å². The third-order valence-corrected chi connectivity index (χ3v) is 9.69. The highest BCUT2D eigenvalue weighted by Crippen LogP contribution is 2.32. The first-order valence-corrected chi connectivity index (χ1v) is 11.8. The van der Waals surface area contributed by atoms with E-state index in [2.05, 4.69) is 45.0 Å². The number of benzene rings is 1. The molecule has 0 bridgehead atoms. The van der Waals surface area contributed by atoms with Gasteiger partial charge in [0.25, 0.3) is 14.3 Å². The molecule has 0 atom stereocenters. The first-order chi connectivity index (χ1) is 11.2. The molecule has 1 aromatic carbocycles. The molecule has 0 aliphatic heterocycles. The van der Waals surface area contributed by atoms with Crippen LogP contribution >= 0.6 is 0 Å².